The molecule has 0 radical (unpaired) electrons. The molecule has 1 rings (SSSR count). The van der Waals surface area contributed by atoms with E-state index in [1.54, 1.807) is 0 Å². The fourth-order valence-corrected chi connectivity index (χ4v) is 1.36. The number of halogens is 6. The van der Waals surface area contributed by atoms with Gasteiger partial charge in [0.05, 0.1) is 5.56 Å². The molecule has 0 saturated heterocycles. The molecular formula is C10H9F6N2-. The van der Waals surface area contributed by atoms with Gasteiger partial charge in [0.2, 0.25) is 0 Å². The van der Waals surface area contributed by atoms with Crippen LogP contribution < -0.4 is 0 Å². The molecule has 0 amide bonds. The van der Waals surface area contributed by atoms with Crippen LogP contribution in [-0.4, -0.2) is 4.98 Å². The molecule has 0 spiro atoms. The van der Waals surface area contributed by atoms with Crippen molar-refractivity contribution in [1.82, 2.24) is 4.98 Å². The van der Waals surface area contributed by atoms with Crippen molar-refractivity contribution < 1.29 is 26.3 Å². The Bertz CT molecular complexity index is 423. The van der Waals surface area contributed by atoms with Crippen molar-refractivity contribution in [2.75, 3.05) is 0 Å². The minimum Gasteiger partial charge on any atom is -0.671 e. The third kappa shape index (κ3) is 3.12. The molecule has 0 aliphatic heterocycles. The number of alkyl halides is 6. The number of rotatable bonds is 2. The van der Waals surface area contributed by atoms with Crippen LogP contribution in [0.3, 0.4) is 0 Å². The van der Waals surface area contributed by atoms with Gasteiger partial charge in [-0.3, -0.25) is 4.98 Å². The van der Waals surface area contributed by atoms with Crippen LogP contribution in [0.2, 0.25) is 0 Å². The zero-order valence-corrected chi connectivity index (χ0v) is 9.15. The quantitative estimate of drug-likeness (QED) is 0.723. The summed E-state index contributed by atoms with van der Waals surface area (Å²) in [4.78, 5) is 2.95. The van der Waals surface area contributed by atoms with E-state index in [4.69, 9.17) is 5.73 Å². The van der Waals surface area contributed by atoms with Crippen molar-refractivity contribution in [2.45, 2.75) is 31.7 Å². The van der Waals surface area contributed by atoms with Gasteiger partial charge in [-0.2, -0.15) is 26.3 Å². The van der Waals surface area contributed by atoms with E-state index in [1.807, 2.05) is 0 Å². The lowest BCUT2D eigenvalue weighted by atomic mass is 10.0. The molecule has 0 saturated carbocycles. The van der Waals surface area contributed by atoms with Crippen molar-refractivity contribution in [2.24, 2.45) is 0 Å². The zero-order chi connectivity index (χ0) is 14.1. The van der Waals surface area contributed by atoms with Gasteiger partial charge in [-0.05, 0) is 11.6 Å². The first-order valence-electron chi connectivity index (χ1n) is 4.92. The Balaban J connectivity index is 3.40. The molecule has 0 aliphatic rings. The second-order valence-electron chi connectivity index (χ2n) is 3.61. The summed E-state index contributed by atoms with van der Waals surface area (Å²) in [5.74, 6) is 0. The summed E-state index contributed by atoms with van der Waals surface area (Å²) >= 11 is 0. The summed E-state index contributed by atoms with van der Waals surface area (Å²) in [7, 11) is 0. The van der Waals surface area contributed by atoms with Crippen molar-refractivity contribution >= 4 is 0 Å². The topological polar surface area (TPSA) is 36.7 Å². The highest BCUT2D eigenvalue weighted by Crippen LogP contribution is 2.39. The van der Waals surface area contributed by atoms with Crippen LogP contribution in [0.15, 0.2) is 12.3 Å². The van der Waals surface area contributed by atoms with Crippen LogP contribution >= 0.6 is 0 Å². The molecule has 0 unspecified atom stereocenters. The Labute approximate surface area is 98.8 Å². The molecule has 0 aromatic carbocycles. The highest BCUT2D eigenvalue weighted by Gasteiger charge is 2.39. The van der Waals surface area contributed by atoms with Crippen molar-refractivity contribution in [3.63, 3.8) is 0 Å². The van der Waals surface area contributed by atoms with Gasteiger partial charge in [-0.15, -0.1) is 6.04 Å². The van der Waals surface area contributed by atoms with Crippen LogP contribution in [0.25, 0.3) is 5.73 Å². The van der Waals surface area contributed by atoms with Gasteiger partial charge in [0.25, 0.3) is 0 Å². The van der Waals surface area contributed by atoms with Crippen LogP contribution in [0, 0.1) is 0 Å². The second-order valence-corrected chi connectivity index (χ2v) is 3.61. The molecule has 1 heterocycles. The normalized spacial score (nSPS) is 14.7. The Morgan fingerprint density at radius 2 is 1.72 bits per heavy atom. The van der Waals surface area contributed by atoms with Crippen LogP contribution in [0.4, 0.5) is 26.3 Å². The Hall–Kier alpha value is -1.31. The molecule has 8 heteroatoms. The number of pyridine rings is 1. The van der Waals surface area contributed by atoms with E-state index in [2.05, 4.69) is 4.98 Å². The lowest BCUT2D eigenvalue weighted by Crippen LogP contribution is -2.16. The lowest BCUT2D eigenvalue weighted by Gasteiger charge is -2.23. The van der Waals surface area contributed by atoms with Crippen molar-refractivity contribution in [3.05, 3.63) is 34.8 Å². The molecule has 0 fully saturated rings. The van der Waals surface area contributed by atoms with Gasteiger partial charge in [0.1, 0.15) is 5.69 Å². The number of aromatic nitrogens is 1. The van der Waals surface area contributed by atoms with Crippen molar-refractivity contribution in [3.8, 4) is 0 Å². The first kappa shape index (κ1) is 14.7. The largest absolute Gasteiger partial charge is 0.671 e. The van der Waals surface area contributed by atoms with E-state index in [9.17, 15) is 26.3 Å². The monoisotopic (exact) mass is 271 g/mol. The summed E-state index contributed by atoms with van der Waals surface area (Å²) in [6.07, 6.45) is -9.35. The minimum absolute atomic E-state index is 0.0491. The van der Waals surface area contributed by atoms with E-state index in [1.165, 1.54) is 6.92 Å². The fraction of sp³-hybridized carbons (Fsp3) is 0.500. The molecular weight excluding hydrogens is 262 g/mol. The lowest BCUT2D eigenvalue weighted by molar-refractivity contribution is -0.145. The Morgan fingerprint density at radius 3 is 2.11 bits per heavy atom. The SMILES string of the molecule is CC[C@H]([NH-])c1cnc(C(F)(F)F)cc1C(F)(F)F. The molecule has 0 aliphatic carbocycles. The van der Waals surface area contributed by atoms with Gasteiger partial charge in [0, 0.05) is 6.20 Å². The highest BCUT2D eigenvalue weighted by molar-refractivity contribution is 5.33. The van der Waals surface area contributed by atoms with Gasteiger partial charge in [0.15, 0.2) is 0 Å². The second kappa shape index (κ2) is 4.75. The number of nitrogens with one attached hydrogen (secondary N) is 1. The predicted octanol–water partition coefficient (Wildman–Crippen LogP) is 4.62. The molecule has 18 heavy (non-hydrogen) atoms. The van der Waals surface area contributed by atoms with Gasteiger partial charge in [-0.25, -0.2) is 0 Å². The average Bonchev–Trinajstić information content (AvgIpc) is 2.24. The first-order valence-corrected chi connectivity index (χ1v) is 4.92. The average molecular weight is 271 g/mol. The standard InChI is InChI=1S/C10H9F6N2/c1-2-7(17)5-4-18-8(10(14,15)16)3-6(5)9(11,12)13/h3-4,7,17H,2H2,1H3/q-1/t7-/m0/s1. The summed E-state index contributed by atoms with van der Waals surface area (Å²) in [5.41, 5.74) is 3.78. The van der Waals surface area contributed by atoms with Crippen molar-refractivity contribution in [1.29, 1.82) is 0 Å². The fourth-order valence-electron chi connectivity index (χ4n) is 1.36. The highest BCUT2D eigenvalue weighted by atomic mass is 19.4. The van der Waals surface area contributed by atoms with Crippen LogP contribution in [-0.2, 0) is 12.4 Å². The molecule has 0 bridgehead atoms. The van der Waals surface area contributed by atoms with E-state index < -0.39 is 35.2 Å². The Morgan fingerprint density at radius 1 is 1.17 bits per heavy atom. The van der Waals surface area contributed by atoms with E-state index >= 15 is 0 Å². The molecule has 1 aromatic rings. The van der Waals surface area contributed by atoms with Crippen LogP contribution in [0.1, 0.15) is 36.2 Å². The maximum Gasteiger partial charge on any atom is 0.433 e. The predicted molar refractivity (Wildman–Crippen MR) is 51.6 cm³/mol. The number of nitrogens with zero attached hydrogens (tertiary/aromatic N) is 1. The maximum absolute atomic E-state index is 12.6. The summed E-state index contributed by atoms with van der Waals surface area (Å²) in [6.45, 7) is 1.47. The third-order valence-corrected chi connectivity index (χ3v) is 2.31. The minimum atomic E-state index is -4.94. The first-order chi connectivity index (χ1) is 8.07. The molecule has 1 atom stereocenters. The van der Waals surface area contributed by atoms with Gasteiger partial charge >= 0.3 is 12.4 Å². The third-order valence-electron chi connectivity index (χ3n) is 2.31. The van der Waals surface area contributed by atoms with E-state index in [0.717, 1.165) is 0 Å². The van der Waals surface area contributed by atoms with Gasteiger partial charge < -0.3 is 5.73 Å². The van der Waals surface area contributed by atoms with E-state index in [0.29, 0.717) is 6.20 Å². The summed E-state index contributed by atoms with van der Waals surface area (Å²) in [6, 6.07) is -1.30. The molecule has 1 N–H and O–H groups in total. The zero-order valence-electron chi connectivity index (χ0n) is 9.15. The van der Waals surface area contributed by atoms with Crippen LogP contribution in [0.5, 0.6) is 0 Å². The summed E-state index contributed by atoms with van der Waals surface area (Å²) < 4.78 is 74.8. The molecule has 2 nitrogen and oxygen atoms in total. The smallest absolute Gasteiger partial charge is 0.433 e. The van der Waals surface area contributed by atoms with E-state index in [-0.39, 0.29) is 12.5 Å². The maximum atomic E-state index is 12.6. The molecule has 1 aromatic heterocycles. The molecule has 102 valence electrons. The summed E-state index contributed by atoms with van der Waals surface area (Å²) in [5, 5.41) is 0. The van der Waals surface area contributed by atoms with Gasteiger partial charge in [-0.1, -0.05) is 13.3 Å². The number of hydrogen-bond donors (Lipinski definition) is 0. The number of hydrogen-bond acceptors (Lipinski definition) is 1. The Kier molecular flexibility index (Phi) is 3.89.